The smallest absolute Gasteiger partial charge is 0.0991 e. The van der Waals surface area contributed by atoms with Crippen LogP contribution in [0.15, 0.2) is 48.5 Å². The van der Waals surface area contributed by atoms with Gasteiger partial charge in [-0.25, -0.2) is 0 Å². The quantitative estimate of drug-likeness (QED) is 0.710. The number of nitrogens with one attached hydrogen (secondary N) is 1. The van der Waals surface area contributed by atoms with Crippen molar-refractivity contribution in [2.45, 2.75) is 0 Å². The van der Waals surface area contributed by atoms with Gasteiger partial charge < -0.3 is 4.98 Å². The summed E-state index contributed by atoms with van der Waals surface area (Å²) in [6.07, 6.45) is 0. The predicted octanol–water partition coefficient (Wildman–Crippen LogP) is 3.58. The van der Waals surface area contributed by atoms with Gasteiger partial charge in [0.25, 0.3) is 0 Å². The Kier molecular flexibility index (Phi) is 2.52. The van der Waals surface area contributed by atoms with Crippen molar-refractivity contribution >= 4 is 10.9 Å². The molecule has 0 aliphatic rings. The topological polar surface area (TPSA) is 63.4 Å². The van der Waals surface area contributed by atoms with E-state index in [4.69, 9.17) is 10.5 Å². The molecule has 0 bridgehead atoms. The van der Waals surface area contributed by atoms with Crippen LogP contribution < -0.4 is 0 Å². The number of benzene rings is 2. The molecule has 0 saturated heterocycles. The highest BCUT2D eigenvalue weighted by Gasteiger charge is 2.04. The number of aromatic nitrogens is 1. The molecule has 0 spiro atoms. The van der Waals surface area contributed by atoms with Crippen molar-refractivity contribution in [3.8, 4) is 23.4 Å². The highest BCUT2D eigenvalue weighted by Crippen LogP contribution is 2.25. The Bertz CT molecular complexity index is 827. The van der Waals surface area contributed by atoms with E-state index in [1.165, 1.54) is 0 Å². The Morgan fingerprint density at radius 1 is 0.789 bits per heavy atom. The number of H-pyrrole nitrogens is 1. The fourth-order valence-corrected chi connectivity index (χ4v) is 2.08. The van der Waals surface area contributed by atoms with Gasteiger partial charge in [0.2, 0.25) is 0 Å². The molecule has 0 aliphatic heterocycles. The molecular formula is C16H9N3. The van der Waals surface area contributed by atoms with Gasteiger partial charge in [-0.15, -0.1) is 0 Å². The summed E-state index contributed by atoms with van der Waals surface area (Å²) >= 11 is 0. The standard InChI is InChI=1S/C16H9N3/c17-9-11-1-4-13(5-2-11)16-8-14-7-12(10-18)3-6-15(14)19-16/h1-8,19H. The molecule has 88 valence electrons. The summed E-state index contributed by atoms with van der Waals surface area (Å²) in [5, 5.41) is 18.7. The molecule has 0 aliphatic carbocycles. The molecule has 1 aromatic heterocycles. The Balaban J connectivity index is 2.10. The molecule has 0 unspecified atom stereocenters. The average molecular weight is 243 g/mol. The van der Waals surface area contributed by atoms with E-state index >= 15 is 0 Å². The van der Waals surface area contributed by atoms with E-state index in [-0.39, 0.29) is 0 Å². The van der Waals surface area contributed by atoms with Crippen LogP contribution in [-0.2, 0) is 0 Å². The van der Waals surface area contributed by atoms with Crippen molar-refractivity contribution in [1.82, 2.24) is 4.98 Å². The van der Waals surface area contributed by atoms with Crippen LogP contribution in [0.2, 0.25) is 0 Å². The number of rotatable bonds is 1. The van der Waals surface area contributed by atoms with Crippen LogP contribution in [0, 0.1) is 22.7 Å². The maximum Gasteiger partial charge on any atom is 0.0991 e. The second kappa shape index (κ2) is 4.33. The maximum absolute atomic E-state index is 8.89. The third-order valence-corrected chi connectivity index (χ3v) is 3.07. The summed E-state index contributed by atoms with van der Waals surface area (Å²) in [7, 11) is 0. The molecule has 0 fully saturated rings. The summed E-state index contributed by atoms with van der Waals surface area (Å²) < 4.78 is 0. The van der Waals surface area contributed by atoms with Crippen LogP contribution in [0.5, 0.6) is 0 Å². The van der Waals surface area contributed by atoms with Crippen LogP contribution in [0.4, 0.5) is 0 Å². The first-order valence-corrected chi connectivity index (χ1v) is 5.83. The van der Waals surface area contributed by atoms with E-state index in [1.807, 2.05) is 30.3 Å². The fourth-order valence-electron chi connectivity index (χ4n) is 2.08. The van der Waals surface area contributed by atoms with Crippen molar-refractivity contribution in [3.63, 3.8) is 0 Å². The lowest BCUT2D eigenvalue weighted by Crippen LogP contribution is -1.78. The van der Waals surface area contributed by atoms with E-state index in [1.54, 1.807) is 18.2 Å². The molecule has 3 rings (SSSR count). The molecule has 0 radical (unpaired) electrons. The molecule has 3 aromatic rings. The minimum absolute atomic E-state index is 0.645. The average Bonchev–Trinajstić information content (AvgIpc) is 2.90. The lowest BCUT2D eigenvalue weighted by Gasteiger charge is -1.96. The Hall–Kier alpha value is -3.04. The summed E-state index contributed by atoms with van der Waals surface area (Å²) in [5.74, 6) is 0. The van der Waals surface area contributed by atoms with Gasteiger partial charge in [-0.3, -0.25) is 0 Å². The second-order valence-electron chi connectivity index (χ2n) is 4.29. The first-order chi connectivity index (χ1) is 9.30. The van der Waals surface area contributed by atoms with Gasteiger partial charge in [-0.1, -0.05) is 12.1 Å². The SMILES string of the molecule is N#Cc1ccc(-c2cc3cc(C#N)ccc3[nH]2)cc1. The van der Waals surface area contributed by atoms with Crippen molar-refractivity contribution in [2.24, 2.45) is 0 Å². The summed E-state index contributed by atoms with van der Waals surface area (Å²) in [5.41, 5.74) is 4.30. The molecule has 19 heavy (non-hydrogen) atoms. The monoisotopic (exact) mass is 243 g/mol. The van der Waals surface area contributed by atoms with E-state index in [0.717, 1.165) is 22.2 Å². The van der Waals surface area contributed by atoms with Crippen LogP contribution in [0.25, 0.3) is 22.2 Å². The first-order valence-electron chi connectivity index (χ1n) is 5.83. The van der Waals surface area contributed by atoms with E-state index in [9.17, 15) is 0 Å². The third kappa shape index (κ3) is 1.94. The zero-order chi connectivity index (χ0) is 13.2. The lowest BCUT2D eigenvalue weighted by molar-refractivity contribution is 1.43. The minimum atomic E-state index is 0.645. The van der Waals surface area contributed by atoms with Gasteiger partial charge in [0.15, 0.2) is 0 Å². The zero-order valence-corrected chi connectivity index (χ0v) is 10.0. The van der Waals surface area contributed by atoms with Gasteiger partial charge in [0.05, 0.1) is 23.3 Å². The molecule has 0 atom stereocenters. The largest absolute Gasteiger partial charge is 0.355 e. The normalized spacial score (nSPS) is 10.0. The molecular weight excluding hydrogens is 234 g/mol. The van der Waals surface area contributed by atoms with Gasteiger partial charge in [-0.05, 0) is 42.0 Å². The zero-order valence-electron chi connectivity index (χ0n) is 10.0. The molecule has 0 amide bonds. The van der Waals surface area contributed by atoms with Gasteiger partial charge >= 0.3 is 0 Å². The number of nitrogens with zero attached hydrogens (tertiary/aromatic N) is 2. The predicted molar refractivity (Wildman–Crippen MR) is 73.2 cm³/mol. The molecule has 2 aromatic carbocycles. The van der Waals surface area contributed by atoms with Crippen LogP contribution in [0.3, 0.4) is 0 Å². The second-order valence-corrected chi connectivity index (χ2v) is 4.29. The molecule has 3 heteroatoms. The summed E-state index contributed by atoms with van der Waals surface area (Å²) in [6, 6.07) is 19.2. The number of hydrogen-bond acceptors (Lipinski definition) is 2. The van der Waals surface area contributed by atoms with Gasteiger partial charge in [0.1, 0.15) is 0 Å². The van der Waals surface area contributed by atoms with E-state index in [2.05, 4.69) is 17.1 Å². The van der Waals surface area contributed by atoms with Crippen LogP contribution >= 0.6 is 0 Å². The van der Waals surface area contributed by atoms with Crippen molar-refractivity contribution in [3.05, 3.63) is 59.7 Å². The Morgan fingerprint density at radius 3 is 2.16 bits per heavy atom. The van der Waals surface area contributed by atoms with Crippen LogP contribution in [-0.4, -0.2) is 4.98 Å². The van der Waals surface area contributed by atoms with Gasteiger partial charge in [-0.2, -0.15) is 10.5 Å². The van der Waals surface area contributed by atoms with Crippen molar-refractivity contribution in [2.75, 3.05) is 0 Å². The Labute approximate surface area is 110 Å². The number of nitriles is 2. The number of fused-ring (bicyclic) bond motifs is 1. The summed E-state index contributed by atoms with van der Waals surface area (Å²) in [4.78, 5) is 3.31. The molecule has 3 nitrogen and oxygen atoms in total. The van der Waals surface area contributed by atoms with E-state index in [0.29, 0.717) is 11.1 Å². The molecule has 0 saturated carbocycles. The minimum Gasteiger partial charge on any atom is -0.355 e. The summed E-state index contributed by atoms with van der Waals surface area (Å²) in [6.45, 7) is 0. The fraction of sp³-hybridized carbons (Fsp3) is 0. The van der Waals surface area contributed by atoms with Crippen molar-refractivity contribution < 1.29 is 0 Å². The number of aromatic amines is 1. The van der Waals surface area contributed by atoms with E-state index < -0.39 is 0 Å². The van der Waals surface area contributed by atoms with Gasteiger partial charge in [0, 0.05) is 16.6 Å². The third-order valence-electron chi connectivity index (χ3n) is 3.07. The lowest BCUT2D eigenvalue weighted by atomic mass is 10.1. The highest BCUT2D eigenvalue weighted by molar-refractivity contribution is 5.86. The number of hydrogen-bond donors (Lipinski definition) is 1. The Morgan fingerprint density at radius 2 is 1.47 bits per heavy atom. The molecule has 1 N–H and O–H groups in total. The highest BCUT2D eigenvalue weighted by atomic mass is 14.7. The van der Waals surface area contributed by atoms with Crippen molar-refractivity contribution in [1.29, 1.82) is 10.5 Å². The van der Waals surface area contributed by atoms with Crippen LogP contribution in [0.1, 0.15) is 11.1 Å². The maximum atomic E-state index is 8.89. The molecule has 1 heterocycles. The first kappa shape index (κ1) is 11.1.